The molecule has 1 fully saturated rings. The minimum absolute atomic E-state index is 0.275. The summed E-state index contributed by atoms with van der Waals surface area (Å²) in [4.78, 5) is 6.56. The van der Waals surface area contributed by atoms with Gasteiger partial charge in [0.15, 0.2) is 5.82 Å². The molecule has 1 aromatic heterocycles. The summed E-state index contributed by atoms with van der Waals surface area (Å²) in [5.74, 6) is 1.15. The van der Waals surface area contributed by atoms with Crippen molar-refractivity contribution < 1.29 is 12.9 Å². The van der Waals surface area contributed by atoms with E-state index in [1.54, 1.807) is 32.0 Å². The zero-order chi connectivity index (χ0) is 17.3. The van der Waals surface area contributed by atoms with Crippen molar-refractivity contribution >= 4 is 21.6 Å². The largest absolute Gasteiger partial charge is 0.340 e. The fourth-order valence-electron chi connectivity index (χ4n) is 2.74. The first-order chi connectivity index (χ1) is 11.4. The Morgan fingerprint density at radius 1 is 1.21 bits per heavy atom. The molecule has 0 bridgehead atoms. The molecule has 0 unspecified atom stereocenters. The van der Waals surface area contributed by atoms with E-state index in [1.165, 1.54) is 4.31 Å². The monoisotopic (exact) mass is 370 g/mol. The van der Waals surface area contributed by atoms with E-state index in [-0.39, 0.29) is 4.90 Å². The van der Waals surface area contributed by atoms with E-state index >= 15 is 0 Å². The fraction of sp³-hybridized carbons (Fsp3) is 0.467. The SMILES string of the molecule is Cc1nc(CN2CCN(S(=O)(=O)c3cccc(Cl)c3C)CC2)no1. The van der Waals surface area contributed by atoms with E-state index in [1.807, 2.05) is 0 Å². The molecule has 0 saturated carbocycles. The highest BCUT2D eigenvalue weighted by Gasteiger charge is 2.30. The lowest BCUT2D eigenvalue weighted by atomic mass is 10.2. The van der Waals surface area contributed by atoms with Gasteiger partial charge in [-0.1, -0.05) is 22.8 Å². The van der Waals surface area contributed by atoms with Crippen LogP contribution in [-0.2, 0) is 16.6 Å². The van der Waals surface area contributed by atoms with Crippen LogP contribution in [0.4, 0.5) is 0 Å². The third-order valence-electron chi connectivity index (χ3n) is 4.10. The molecule has 0 N–H and O–H groups in total. The lowest BCUT2D eigenvalue weighted by Crippen LogP contribution is -2.48. The summed E-state index contributed by atoms with van der Waals surface area (Å²) in [7, 11) is -3.53. The molecule has 1 aliphatic heterocycles. The first-order valence-corrected chi connectivity index (χ1v) is 9.46. The van der Waals surface area contributed by atoms with Gasteiger partial charge in [0, 0.05) is 38.1 Å². The maximum Gasteiger partial charge on any atom is 0.243 e. The van der Waals surface area contributed by atoms with Crippen molar-refractivity contribution in [3.8, 4) is 0 Å². The Bertz CT molecular complexity index is 829. The van der Waals surface area contributed by atoms with Crippen LogP contribution in [0.1, 0.15) is 17.3 Å². The average molecular weight is 371 g/mol. The van der Waals surface area contributed by atoms with E-state index in [9.17, 15) is 8.42 Å². The van der Waals surface area contributed by atoms with Gasteiger partial charge >= 0.3 is 0 Å². The predicted molar refractivity (Wildman–Crippen MR) is 89.3 cm³/mol. The third-order valence-corrected chi connectivity index (χ3v) is 6.55. The molecule has 7 nitrogen and oxygen atoms in total. The van der Waals surface area contributed by atoms with Crippen molar-refractivity contribution in [1.82, 2.24) is 19.3 Å². The van der Waals surface area contributed by atoms with E-state index in [0.717, 1.165) is 0 Å². The van der Waals surface area contributed by atoms with Gasteiger partial charge in [-0.15, -0.1) is 0 Å². The van der Waals surface area contributed by atoms with Crippen LogP contribution in [0.15, 0.2) is 27.6 Å². The highest BCUT2D eigenvalue weighted by atomic mass is 35.5. The molecule has 1 aliphatic rings. The second-order valence-electron chi connectivity index (χ2n) is 5.77. The van der Waals surface area contributed by atoms with Crippen LogP contribution in [0.3, 0.4) is 0 Å². The molecule has 0 spiro atoms. The minimum Gasteiger partial charge on any atom is -0.340 e. The second-order valence-corrected chi connectivity index (χ2v) is 8.09. The molecule has 0 radical (unpaired) electrons. The summed E-state index contributed by atoms with van der Waals surface area (Å²) >= 11 is 6.06. The van der Waals surface area contributed by atoms with E-state index in [4.69, 9.17) is 16.1 Å². The third kappa shape index (κ3) is 3.46. The number of hydrogen-bond acceptors (Lipinski definition) is 6. The molecule has 1 saturated heterocycles. The number of benzene rings is 1. The number of aryl methyl sites for hydroxylation is 1. The molecule has 3 rings (SSSR count). The molecule has 9 heteroatoms. The second kappa shape index (κ2) is 6.79. The van der Waals surface area contributed by atoms with E-state index in [0.29, 0.717) is 55.0 Å². The van der Waals surface area contributed by atoms with Gasteiger partial charge in [-0.05, 0) is 24.6 Å². The van der Waals surface area contributed by atoms with E-state index < -0.39 is 10.0 Å². The summed E-state index contributed by atoms with van der Waals surface area (Å²) in [5, 5.41) is 4.33. The standard InChI is InChI=1S/C15H19ClN4O3S/c1-11-13(16)4-3-5-14(11)24(21,22)20-8-6-19(7-9-20)10-15-17-12(2)23-18-15/h3-5H,6-10H2,1-2H3. The first-order valence-electron chi connectivity index (χ1n) is 7.65. The first kappa shape index (κ1) is 17.3. The molecule has 0 atom stereocenters. The Labute approximate surface area is 146 Å². The van der Waals surface area contributed by atoms with Crippen molar-refractivity contribution in [2.75, 3.05) is 26.2 Å². The number of aromatic nitrogens is 2. The van der Waals surface area contributed by atoms with Gasteiger partial charge in [0.2, 0.25) is 15.9 Å². The zero-order valence-electron chi connectivity index (χ0n) is 13.6. The van der Waals surface area contributed by atoms with Crippen LogP contribution in [0, 0.1) is 13.8 Å². The number of nitrogens with zero attached hydrogens (tertiary/aromatic N) is 4. The topological polar surface area (TPSA) is 79.5 Å². The Kier molecular flexibility index (Phi) is 4.91. The van der Waals surface area contributed by atoms with Crippen LogP contribution >= 0.6 is 11.6 Å². The van der Waals surface area contributed by atoms with Crippen molar-refractivity contribution in [2.24, 2.45) is 0 Å². The van der Waals surface area contributed by atoms with Gasteiger partial charge in [-0.2, -0.15) is 9.29 Å². The molecule has 2 aromatic rings. The number of sulfonamides is 1. The Morgan fingerprint density at radius 3 is 2.54 bits per heavy atom. The van der Waals surface area contributed by atoms with Gasteiger partial charge in [-0.3, -0.25) is 4.90 Å². The normalized spacial score (nSPS) is 17.3. The molecular weight excluding hydrogens is 352 g/mol. The number of piperazine rings is 1. The highest BCUT2D eigenvalue weighted by molar-refractivity contribution is 7.89. The number of hydrogen-bond donors (Lipinski definition) is 0. The van der Waals surface area contributed by atoms with Crippen molar-refractivity contribution in [1.29, 1.82) is 0 Å². The number of halogens is 1. The van der Waals surface area contributed by atoms with Crippen LogP contribution < -0.4 is 0 Å². The lowest BCUT2D eigenvalue weighted by Gasteiger charge is -2.33. The van der Waals surface area contributed by atoms with Crippen molar-refractivity contribution in [2.45, 2.75) is 25.3 Å². The van der Waals surface area contributed by atoms with Gasteiger partial charge in [0.05, 0.1) is 11.4 Å². The van der Waals surface area contributed by atoms with Crippen LogP contribution in [0.5, 0.6) is 0 Å². The van der Waals surface area contributed by atoms with Crippen LogP contribution in [-0.4, -0.2) is 53.9 Å². The van der Waals surface area contributed by atoms with Crippen LogP contribution in [0.2, 0.25) is 5.02 Å². The fourth-order valence-corrected chi connectivity index (χ4v) is 4.64. The summed E-state index contributed by atoms with van der Waals surface area (Å²) < 4.78 is 32.1. The summed E-state index contributed by atoms with van der Waals surface area (Å²) in [6.07, 6.45) is 0. The molecule has 1 aromatic carbocycles. The zero-order valence-corrected chi connectivity index (χ0v) is 15.1. The summed E-state index contributed by atoms with van der Waals surface area (Å²) in [5.41, 5.74) is 0.587. The minimum atomic E-state index is -3.53. The quantitative estimate of drug-likeness (QED) is 0.817. The summed E-state index contributed by atoms with van der Waals surface area (Å²) in [6, 6.07) is 4.96. The molecular formula is C15H19ClN4O3S. The Hall–Kier alpha value is -1.48. The molecule has 2 heterocycles. The van der Waals surface area contributed by atoms with Crippen LogP contribution in [0.25, 0.3) is 0 Å². The molecule has 0 aliphatic carbocycles. The van der Waals surface area contributed by atoms with Crippen molar-refractivity contribution in [3.05, 3.63) is 40.5 Å². The molecule has 24 heavy (non-hydrogen) atoms. The highest BCUT2D eigenvalue weighted by Crippen LogP contribution is 2.26. The maximum atomic E-state index is 12.8. The van der Waals surface area contributed by atoms with Gasteiger partial charge in [-0.25, -0.2) is 8.42 Å². The van der Waals surface area contributed by atoms with Crippen molar-refractivity contribution in [3.63, 3.8) is 0 Å². The summed E-state index contributed by atoms with van der Waals surface area (Å²) in [6.45, 7) is 6.11. The predicted octanol–water partition coefficient (Wildman–Crippen LogP) is 1.85. The molecule has 130 valence electrons. The lowest BCUT2D eigenvalue weighted by molar-refractivity contribution is 0.176. The Morgan fingerprint density at radius 2 is 1.92 bits per heavy atom. The Balaban J connectivity index is 1.68. The van der Waals surface area contributed by atoms with Gasteiger partial charge in [0.25, 0.3) is 0 Å². The number of rotatable bonds is 4. The van der Waals surface area contributed by atoms with Gasteiger partial charge in [0.1, 0.15) is 0 Å². The average Bonchev–Trinajstić information content (AvgIpc) is 2.95. The maximum absolute atomic E-state index is 12.8. The molecule has 0 amide bonds. The van der Waals surface area contributed by atoms with E-state index in [2.05, 4.69) is 15.0 Å². The smallest absolute Gasteiger partial charge is 0.243 e. The van der Waals surface area contributed by atoms with Gasteiger partial charge < -0.3 is 4.52 Å².